The Morgan fingerprint density at radius 3 is 2.76 bits per heavy atom. The van der Waals surface area contributed by atoms with E-state index in [1.807, 2.05) is 6.07 Å². The number of nitrogen functional groups attached to an aromatic ring is 1. The number of pyridine rings is 1. The Kier molecular flexibility index (Phi) is 3.60. The third kappa shape index (κ3) is 3.39. The third-order valence-corrected chi connectivity index (χ3v) is 4.42. The van der Waals surface area contributed by atoms with Crippen molar-refractivity contribution in [3.05, 3.63) is 24.0 Å². The van der Waals surface area contributed by atoms with Crippen LogP contribution in [0.2, 0.25) is 0 Å². The minimum Gasteiger partial charge on any atom is -0.324 e. The van der Waals surface area contributed by atoms with E-state index in [0.717, 1.165) is 11.4 Å². The van der Waals surface area contributed by atoms with Gasteiger partial charge in [-0.25, -0.2) is 8.42 Å². The van der Waals surface area contributed by atoms with Crippen LogP contribution in [-0.4, -0.2) is 42.9 Å². The average Bonchev–Trinajstić information content (AvgIpc) is 2.32. The Bertz CT molecular complexity index is 475. The fourth-order valence-corrected chi connectivity index (χ4v) is 3.07. The molecule has 0 unspecified atom stereocenters. The quantitative estimate of drug-likeness (QED) is 0.565. The van der Waals surface area contributed by atoms with Crippen LogP contribution in [0, 0.1) is 0 Å². The van der Waals surface area contributed by atoms with Crippen molar-refractivity contribution in [2.24, 2.45) is 5.84 Å². The maximum Gasteiger partial charge on any atom is 0.152 e. The van der Waals surface area contributed by atoms with Crippen LogP contribution in [0.15, 0.2) is 18.3 Å². The number of nitrogens with two attached hydrogens (primary N) is 1. The van der Waals surface area contributed by atoms with Crippen molar-refractivity contribution in [1.82, 2.24) is 9.88 Å². The molecule has 0 atom stereocenters. The summed E-state index contributed by atoms with van der Waals surface area (Å²) in [7, 11) is -2.82. The summed E-state index contributed by atoms with van der Waals surface area (Å²) in [6, 6.07) is 3.65. The van der Waals surface area contributed by atoms with E-state index in [2.05, 4.69) is 15.3 Å². The van der Waals surface area contributed by atoms with Gasteiger partial charge in [0.05, 0.1) is 22.9 Å². The molecular weight excluding hydrogens is 240 g/mol. The minimum atomic E-state index is -2.82. The highest BCUT2D eigenvalue weighted by molar-refractivity contribution is 7.91. The second-order valence-corrected chi connectivity index (χ2v) is 6.41. The lowest BCUT2D eigenvalue weighted by atomic mass is 10.3. The summed E-state index contributed by atoms with van der Waals surface area (Å²) in [5.41, 5.74) is 4.26. The van der Waals surface area contributed by atoms with Crippen LogP contribution >= 0.6 is 0 Å². The molecule has 2 heterocycles. The molecule has 94 valence electrons. The molecule has 0 aliphatic carbocycles. The zero-order valence-corrected chi connectivity index (χ0v) is 10.3. The molecule has 1 aliphatic rings. The molecule has 0 aromatic carbocycles. The molecule has 0 amide bonds. The zero-order valence-electron chi connectivity index (χ0n) is 9.46. The Hall–Kier alpha value is -1.18. The first-order valence-corrected chi connectivity index (χ1v) is 7.25. The fraction of sp³-hybridized carbons (Fsp3) is 0.500. The average molecular weight is 256 g/mol. The van der Waals surface area contributed by atoms with Crippen molar-refractivity contribution < 1.29 is 8.42 Å². The summed E-state index contributed by atoms with van der Waals surface area (Å²) >= 11 is 0. The van der Waals surface area contributed by atoms with E-state index in [-0.39, 0.29) is 11.5 Å². The van der Waals surface area contributed by atoms with Crippen LogP contribution in [0.1, 0.15) is 5.69 Å². The Morgan fingerprint density at radius 1 is 1.41 bits per heavy atom. The van der Waals surface area contributed by atoms with E-state index < -0.39 is 9.84 Å². The minimum absolute atomic E-state index is 0.238. The summed E-state index contributed by atoms with van der Waals surface area (Å²) in [6.45, 7) is 1.81. The highest BCUT2D eigenvalue weighted by Gasteiger charge is 2.21. The van der Waals surface area contributed by atoms with E-state index >= 15 is 0 Å². The van der Waals surface area contributed by atoms with Crippen LogP contribution in [0.3, 0.4) is 0 Å². The van der Waals surface area contributed by atoms with Crippen LogP contribution in [-0.2, 0) is 16.4 Å². The summed E-state index contributed by atoms with van der Waals surface area (Å²) in [4.78, 5) is 6.32. The van der Waals surface area contributed by atoms with E-state index in [1.165, 1.54) is 0 Å². The number of rotatable bonds is 3. The molecule has 17 heavy (non-hydrogen) atoms. The van der Waals surface area contributed by atoms with Gasteiger partial charge in [0.2, 0.25) is 0 Å². The molecule has 0 spiro atoms. The van der Waals surface area contributed by atoms with Crippen LogP contribution < -0.4 is 11.3 Å². The van der Waals surface area contributed by atoms with Crippen molar-refractivity contribution in [2.45, 2.75) is 6.54 Å². The van der Waals surface area contributed by atoms with Gasteiger partial charge in [-0.15, -0.1) is 0 Å². The van der Waals surface area contributed by atoms with Gasteiger partial charge in [-0.3, -0.25) is 15.7 Å². The van der Waals surface area contributed by atoms with Gasteiger partial charge in [0.1, 0.15) is 0 Å². The monoisotopic (exact) mass is 256 g/mol. The third-order valence-electron chi connectivity index (χ3n) is 2.81. The lowest BCUT2D eigenvalue weighted by Gasteiger charge is -2.26. The van der Waals surface area contributed by atoms with E-state index in [1.54, 1.807) is 12.3 Å². The Labute approximate surface area is 101 Å². The van der Waals surface area contributed by atoms with Gasteiger partial charge in [0, 0.05) is 25.8 Å². The Morgan fingerprint density at radius 2 is 2.12 bits per heavy atom. The molecule has 1 saturated heterocycles. The largest absolute Gasteiger partial charge is 0.324 e. The second kappa shape index (κ2) is 4.99. The van der Waals surface area contributed by atoms with Gasteiger partial charge in [-0.2, -0.15) is 0 Å². The molecule has 3 N–H and O–H groups in total. The molecule has 1 aromatic rings. The summed E-state index contributed by atoms with van der Waals surface area (Å²) < 4.78 is 22.6. The number of aromatic nitrogens is 1. The summed E-state index contributed by atoms with van der Waals surface area (Å²) in [5.74, 6) is 5.79. The van der Waals surface area contributed by atoms with Crippen molar-refractivity contribution in [3.8, 4) is 0 Å². The van der Waals surface area contributed by atoms with E-state index in [4.69, 9.17) is 5.84 Å². The molecule has 1 aromatic heterocycles. The van der Waals surface area contributed by atoms with E-state index in [0.29, 0.717) is 19.6 Å². The smallest absolute Gasteiger partial charge is 0.152 e. The number of anilines is 1. The lowest BCUT2D eigenvalue weighted by Crippen LogP contribution is -2.39. The van der Waals surface area contributed by atoms with Crippen LogP contribution in [0.25, 0.3) is 0 Å². The lowest BCUT2D eigenvalue weighted by molar-refractivity contribution is 0.284. The number of nitrogens with one attached hydrogen (secondary N) is 1. The first-order chi connectivity index (χ1) is 8.09. The molecule has 6 nitrogen and oxygen atoms in total. The zero-order chi connectivity index (χ0) is 12.3. The highest BCUT2D eigenvalue weighted by atomic mass is 32.2. The number of hydrogen-bond donors (Lipinski definition) is 2. The fourth-order valence-electron chi connectivity index (χ4n) is 1.79. The first-order valence-electron chi connectivity index (χ1n) is 5.43. The van der Waals surface area contributed by atoms with Gasteiger partial charge in [0.25, 0.3) is 0 Å². The molecule has 0 saturated carbocycles. The summed E-state index contributed by atoms with van der Waals surface area (Å²) in [5, 5.41) is 0. The molecule has 2 rings (SSSR count). The number of nitrogens with zero attached hydrogens (tertiary/aromatic N) is 2. The second-order valence-electron chi connectivity index (χ2n) is 4.11. The van der Waals surface area contributed by atoms with Gasteiger partial charge in [0.15, 0.2) is 9.84 Å². The van der Waals surface area contributed by atoms with Gasteiger partial charge < -0.3 is 5.43 Å². The SMILES string of the molecule is NNc1ccnc(CN2CCS(=O)(=O)CC2)c1. The molecule has 0 radical (unpaired) electrons. The molecular formula is C10H16N4O2S. The highest BCUT2D eigenvalue weighted by Crippen LogP contribution is 2.11. The number of hydrogen-bond acceptors (Lipinski definition) is 6. The predicted molar refractivity (Wildman–Crippen MR) is 66.0 cm³/mol. The number of hydrazine groups is 1. The molecule has 0 bridgehead atoms. The molecule has 7 heteroatoms. The van der Waals surface area contributed by atoms with Crippen LogP contribution in [0.4, 0.5) is 5.69 Å². The van der Waals surface area contributed by atoms with Crippen molar-refractivity contribution in [1.29, 1.82) is 0 Å². The topological polar surface area (TPSA) is 88.3 Å². The van der Waals surface area contributed by atoms with Crippen molar-refractivity contribution >= 4 is 15.5 Å². The Balaban J connectivity index is 1.97. The van der Waals surface area contributed by atoms with Gasteiger partial charge >= 0.3 is 0 Å². The molecule has 1 aliphatic heterocycles. The predicted octanol–water partition coefficient (Wildman–Crippen LogP) is -0.402. The first kappa shape index (κ1) is 12.3. The maximum atomic E-state index is 11.3. The molecule has 1 fully saturated rings. The summed E-state index contributed by atoms with van der Waals surface area (Å²) in [6.07, 6.45) is 1.69. The van der Waals surface area contributed by atoms with Gasteiger partial charge in [-0.05, 0) is 12.1 Å². The number of sulfone groups is 1. The van der Waals surface area contributed by atoms with Crippen molar-refractivity contribution in [2.75, 3.05) is 30.0 Å². The van der Waals surface area contributed by atoms with Crippen molar-refractivity contribution in [3.63, 3.8) is 0 Å². The van der Waals surface area contributed by atoms with Crippen LogP contribution in [0.5, 0.6) is 0 Å². The van der Waals surface area contributed by atoms with Gasteiger partial charge in [-0.1, -0.05) is 0 Å². The maximum absolute atomic E-state index is 11.3. The van der Waals surface area contributed by atoms with E-state index in [9.17, 15) is 8.42 Å². The normalized spacial score (nSPS) is 20.1. The standard InChI is InChI=1S/C10H16N4O2S/c11-13-9-1-2-12-10(7-9)8-14-3-5-17(15,16)6-4-14/h1-2,7H,3-6,8,11H2,(H,12,13).